The lowest BCUT2D eigenvalue weighted by Crippen LogP contribution is -2.23. The normalized spacial score (nSPS) is 10.6. The molecule has 7 heteroatoms. The van der Waals surface area contributed by atoms with Gasteiger partial charge in [0.05, 0.1) is 18.4 Å². The van der Waals surface area contributed by atoms with Gasteiger partial charge >= 0.3 is 0 Å². The molecule has 3 aromatic carbocycles. The molecule has 1 aromatic heterocycles. The van der Waals surface area contributed by atoms with Crippen LogP contribution in [-0.4, -0.2) is 28.7 Å². The first-order chi connectivity index (χ1) is 17.1. The monoisotopic (exact) mass is 468 g/mol. The Morgan fingerprint density at radius 2 is 1.74 bits per heavy atom. The number of benzene rings is 3. The number of rotatable bonds is 9. The van der Waals surface area contributed by atoms with E-state index in [0.717, 1.165) is 29.0 Å². The summed E-state index contributed by atoms with van der Waals surface area (Å²) in [5, 5.41) is 10.6. The molecule has 0 saturated heterocycles. The molecule has 0 aliphatic carbocycles. The van der Waals surface area contributed by atoms with E-state index in [9.17, 15) is 9.59 Å². The van der Waals surface area contributed by atoms with Gasteiger partial charge in [0, 0.05) is 30.4 Å². The summed E-state index contributed by atoms with van der Waals surface area (Å²) in [5.74, 6) is 0.470. The van der Waals surface area contributed by atoms with Crippen molar-refractivity contribution in [3.05, 3.63) is 96.2 Å². The first kappa shape index (κ1) is 23.8. The maximum atomic E-state index is 13.3. The van der Waals surface area contributed by atoms with Gasteiger partial charge in [0.25, 0.3) is 5.91 Å². The topological polar surface area (TPSA) is 85.3 Å². The molecule has 0 bridgehead atoms. The Balaban J connectivity index is 1.57. The fraction of sp³-hybridized carbons (Fsp3) is 0.179. The second kappa shape index (κ2) is 11.2. The van der Waals surface area contributed by atoms with Gasteiger partial charge in [0.15, 0.2) is 0 Å². The minimum atomic E-state index is -0.238. The second-order valence-electron chi connectivity index (χ2n) is 8.08. The maximum Gasteiger partial charge on any atom is 0.255 e. The maximum absolute atomic E-state index is 13.3. The van der Waals surface area contributed by atoms with Crippen molar-refractivity contribution in [2.45, 2.75) is 26.3 Å². The van der Waals surface area contributed by atoms with E-state index in [-0.39, 0.29) is 11.8 Å². The number of amides is 2. The first-order valence-corrected chi connectivity index (χ1v) is 11.5. The Bertz CT molecular complexity index is 1300. The van der Waals surface area contributed by atoms with E-state index in [1.54, 1.807) is 18.0 Å². The number of ether oxygens (including phenoxy) is 1. The molecule has 0 unspecified atom stereocenters. The molecule has 0 saturated carbocycles. The molecule has 0 atom stereocenters. The molecule has 0 aliphatic rings. The van der Waals surface area contributed by atoms with Gasteiger partial charge in [-0.25, -0.2) is 4.68 Å². The Kier molecular flexibility index (Phi) is 7.57. The molecule has 0 spiro atoms. The largest absolute Gasteiger partial charge is 0.497 e. The summed E-state index contributed by atoms with van der Waals surface area (Å²) >= 11 is 0. The highest BCUT2D eigenvalue weighted by Gasteiger charge is 2.19. The van der Waals surface area contributed by atoms with Crippen molar-refractivity contribution < 1.29 is 14.3 Å². The lowest BCUT2D eigenvalue weighted by molar-refractivity contribution is -0.116. The highest BCUT2D eigenvalue weighted by Crippen LogP contribution is 2.26. The standard InChI is InChI=1S/C28H28N4O3/c1-3-8-26(33)30-22-10-7-9-20(17-22)18-29-28(34)25-19-32(23-11-5-4-6-12-23)31-27(25)21-13-15-24(35-2)16-14-21/h4-7,9-17,19H,3,8,18H2,1-2H3,(H,29,34)(H,30,33). The third kappa shape index (κ3) is 5.95. The van der Waals surface area contributed by atoms with E-state index in [4.69, 9.17) is 9.84 Å². The molecule has 4 aromatic rings. The molecule has 2 amide bonds. The lowest BCUT2D eigenvalue weighted by Gasteiger charge is -2.09. The van der Waals surface area contributed by atoms with Gasteiger partial charge in [-0.05, 0) is 60.5 Å². The van der Waals surface area contributed by atoms with Crippen molar-refractivity contribution >= 4 is 17.5 Å². The van der Waals surface area contributed by atoms with Crippen molar-refractivity contribution in [2.75, 3.05) is 12.4 Å². The van der Waals surface area contributed by atoms with Crippen LogP contribution in [0.15, 0.2) is 85.1 Å². The zero-order valence-electron chi connectivity index (χ0n) is 19.8. The SMILES string of the molecule is CCCC(=O)Nc1cccc(CNC(=O)c2cn(-c3ccccc3)nc2-c2ccc(OC)cc2)c1. The van der Waals surface area contributed by atoms with Crippen LogP contribution in [0.4, 0.5) is 5.69 Å². The Morgan fingerprint density at radius 3 is 2.46 bits per heavy atom. The van der Waals surface area contributed by atoms with Gasteiger partial charge in [-0.15, -0.1) is 0 Å². The number of nitrogens with one attached hydrogen (secondary N) is 2. The number of carbonyl (C=O) groups excluding carboxylic acids is 2. The van der Waals surface area contributed by atoms with Crippen molar-refractivity contribution in [1.82, 2.24) is 15.1 Å². The van der Waals surface area contributed by atoms with Gasteiger partial charge in [0.2, 0.25) is 5.91 Å². The van der Waals surface area contributed by atoms with E-state index in [1.165, 1.54) is 0 Å². The molecule has 7 nitrogen and oxygen atoms in total. The van der Waals surface area contributed by atoms with Crippen molar-refractivity contribution in [1.29, 1.82) is 0 Å². The van der Waals surface area contributed by atoms with E-state index in [1.807, 2.05) is 85.8 Å². The zero-order chi connectivity index (χ0) is 24.6. The molecular weight excluding hydrogens is 440 g/mol. The van der Waals surface area contributed by atoms with E-state index in [0.29, 0.717) is 29.9 Å². The summed E-state index contributed by atoms with van der Waals surface area (Å²) in [7, 11) is 1.61. The Morgan fingerprint density at radius 1 is 0.971 bits per heavy atom. The highest BCUT2D eigenvalue weighted by molar-refractivity contribution is 6.00. The molecule has 0 aliphatic heterocycles. The van der Waals surface area contributed by atoms with Gasteiger partial charge in [0.1, 0.15) is 11.4 Å². The second-order valence-corrected chi connectivity index (χ2v) is 8.08. The number of hydrogen-bond donors (Lipinski definition) is 2. The average Bonchev–Trinajstić information content (AvgIpc) is 3.34. The molecule has 4 rings (SSSR count). The molecule has 0 fully saturated rings. The molecule has 35 heavy (non-hydrogen) atoms. The van der Waals surface area contributed by atoms with E-state index < -0.39 is 0 Å². The number of nitrogens with zero attached hydrogens (tertiary/aromatic N) is 2. The summed E-state index contributed by atoms with van der Waals surface area (Å²) in [4.78, 5) is 25.2. The van der Waals surface area contributed by atoms with E-state index >= 15 is 0 Å². The van der Waals surface area contributed by atoms with Crippen LogP contribution >= 0.6 is 0 Å². The molecule has 2 N–H and O–H groups in total. The lowest BCUT2D eigenvalue weighted by atomic mass is 10.1. The number of hydrogen-bond acceptors (Lipinski definition) is 4. The van der Waals surface area contributed by atoms with Crippen LogP contribution in [0.2, 0.25) is 0 Å². The summed E-state index contributed by atoms with van der Waals surface area (Å²) < 4.78 is 6.97. The summed E-state index contributed by atoms with van der Waals surface area (Å²) in [6, 6.07) is 24.6. The minimum absolute atomic E-state index is 0.0221. The molecule has 178 valence electrons. The number of methoxy groups -OCH3 is 1. The van der Waals surface area contributed by atoms with Crippen molar-refractivity contribution in [3.8, 4) is 22.7 Å². The van der Waals surface area contributed by atoms with Crippen LogP contribution in [0.25, 0.3) is 16.9 Å². The Hall–Kier alpha value is -4.39. The zero-order valence-corrected chi connectivity index (χ0v) is 19.8. The smallest absolute Gasteiger partial charge is 0.255 e. The number of carbonyl (C=O) groups is 2. The van der Waals surface area contributed by atoms with Crippen LogP contribution in [0.3, 0.4) is 0 Å². The van der Waals surface area contributed by atoms with Crippen molar-refractivity contribution in [3.63, 3.8) is 0 Å². The van der Waals surface area contributed by atoms with Gasteiger partial charge in [-0.1, -0.05) is 37.3 Å². The minimum Gasteiger partial charge on any atom is -0.497 e. The number of aromatic nitrogens is 2. The van der Waals surface area contributed by atoms with Gasteiger partial charge < -0.3 is 15.4 Å². The predicted octanol–water partition coefficient (Wildman–Crippen LogP) is 5.22. The van der Waals surface area contributed by atoms with Gasteiger partial charge in [-0.3, -0.25) is 9.59 Å². The number of anilines is 1. The highest BCUT2D eigenvalue weighted by atomic mass is 16.5. The van der Waals surface area contributed by atoms with E-state index in [2.05, 4.69) is 10.6 Å². The number of para-hydroxylation sites is 1. The van der Waals surface area contributed by atoms with Crippen molar-refractivity contribution in [2.24, 2.45) is 0 Å². The average molecular weight is 469 g/mol. The fourth-order valence-electron chi connectivity index (χ4n) is 3.70. The van der Waals surface area contributed by atoms with Crippen LogP contribution in [0, 0.1) is 0 Å². The van der Waals surface area contributed by atoms with Crippen LogP contribution in [-0.2, 0) is 11.3 Å². The first-order valence-electron chi connectivity index (χ1n) is 11.5. The molecular formula is C28H28N4O3. The fourth-order valence-corrected chi connectivity index (χ4v) is 3.70. The van der Waals surface area contributed by atoms with Crippen LogP contribution in [0.5, 0.6) is 5.75 Å². The third-order valence-corrected chi connectivity index (χ3v) is 5.48. The van der Waals surface area contributed by atoms with Gasteiger partial charge in [-0.2, -0.15) is 5.10 Å². The molecule has 0 radical (unpaired) electrons. The molecule has 1 heterocycles. The Labute approximate surface area is 204 Å². The van der Waals surface area contributed by atoms with Crippen LogP contribution in [0.1, 0.15) is 35.7 Å². The van der Waals surface area contributed by atoms with Crippen LogP contribution < -0.4 is 15.4 Å². The summed E-state index contributed by atoms with van der Waals surface area (Å²) in [5.41, 5.74) is 4.31. The predicted molar refractivity (Wildman–Crippen MR) is 137 cm³/mol. The summed E-state index contributed by atoms with van der Waals surface area (Å²) in [6.45, 7) is 2.28. The quantitative estimate of drug-likeness (QED) is 0.353. The summed E-state index contributed by atoms with van der Waals surface area (Å²) in [6.07, 6.45) is 3.00. The third-order valence-electron chi connectivity index (χ3n) is 5.48.